The van der Waals surface area contributed by atoms with Gasteiger partial charge in [-0.2, -0.15) is 0 Å². The molecule has 0 saturated heterocycles. The summed E-state index contributed by atoms with van der Waals surface area (Å²) in [5, 5.41) is 9.62. The molecule has 0 radical (unpaired) electrons. The Kier molecular flexibility index (Phi) is 4.36. The Morgan fingerprint density at radius 3 is 2.00 bits per heavy atom. The minimum absolute atomic E-state index is 0.514. The number of aliphatic carboxylic acids is 1. The summed E-state index contributed by atoms with van der Waals surface area (Å²) in [4.78, 5) is 13.8. The fraction of sp³-hybridized carbons (Fsp3) is 0.923. The van der Waals surface area contributed by atoms with E-state index in [4.69, 9.17) is 0 Å². The van der Waals surface area contributed by atoms with Crippen molar-refractivity contribution in [2.75, 3.05) is 13.1 Å². The second-order valence-corrected chi connectivity index (χ2v) is 5.36. The van der Waals surface area contributed by atoms with Gasteiger partial charge in [0.1, 0.15) is 5.54 Å². The Hall–Kier alpha value is -0.570. The SMILES string of the molecule is CCN(CC)C1(C(=O)O)CC(C)CC(C)C1. The van der Waals surface area contributed by atoms with Crippen LogP contribution in [0.5, 0.6) is 0 Å². The van der Waals surface area contributed by atoms with E-state index in [-0.39, 0.29) is 0 Å². The molecule has 0 aromatic carbocycles. The van der Waals surface area contributed by atoms with Crippen LogP contribution < -0.4 is 0 Å². The number of nitrogens with zero attached hydrogens (tertiary/aromatic N) is 1. The lowest BCUT2D eigenvalue weighted by Crippen LogP contribution is -2.58. The molecule has 3 nitrogen and oxygen atoms in total. The van der Waals surface area contributed by atoms with Crippen molar-refractivity contribution in [2.45, 2.75) is 52.5 Å². The number of carbonyl (C=O) groups is 1. The maximum Gasteiger partial charge on any atom is 0.324 e. The third kappa shape index (κ3) is 2.40. The minimum Gasteiger partial charge on any atom is -0.480 e. The van der Waals surface area contributed by atoms with E-state index in [1.807, 2.05) is 0 Å². The lowest BCUT2D eigenvalue weighted by Gasteiger charge is -2.46. The third-order valence-corrected chi connectivity index (χ3v) is 3.94. The number of carboxylic acid groups (broad SMARTS) is 1. The summed E-state index contributed by atoms with van der Waals surface area (Å²) in [6, 6.07) is 0. The number of carboxylic acids is 1. The van der Waals surface area contributed by atoms with E-state index in [1.54, 1.807) is 0 Å². The highest BCUT2D eigenvalue weighted by Gasteiger charge is 2.47. The molecule has 16 heavy (non-hydrogen) atoms. The fourth-order valence-electron chi connectivity index (χ4n) is 3.49. The van der Waals surface area contributed by atoms with Crippen LogP contribution in [0.25, 0.3) is 0 Å². The number of hydrogen-bond acceptors (Lipinski definition) is 2. The van der Waals surface area contributed by atoms with Crippen LogP contribution >= 0.6 is 0 Å². The van der Waals surface area contributed by atoms with Gasteiger partial charge >= 0.3 is 5.97 Å². The molecule has 1 rings (SSSR count). The molecular formula is C13H25NO2. The molecule has 1 N–H and O–H groups in total. The van der Waals surface area contributed by atoms with Crippen molar-refractivity contribution in [1.82, 2.24) is 4.90 Å². The highest BCUT2D eigenvalue weighted by molar-refractivity contribution is 5.79. The van der Waals surface area contributed by atoms with E-state index < -0.39 is 11.5 Å². The van der Waals surface area contributed by atoms with Crippen LogP contribution in [0.4, 0.5) is 0 Å². The summed E-state index contributed by atoms with van der Waals surface area (Å²) in [6.07, 6.45) is 2.76. The standard InChI is InChI=1S/C13H25NO2/c1-5-14(6-2)13(12(15)16)8-10(3)7-11(4)9-13/h10-11H,5-9H2,1-4H3,(H,15,16). The zero-order valence-corrected chi connectivity index (χ0v) is 11.0. The maximum absolute atomic E-state index is 11.7. The summed E-state index contributed by atoms with van der Waals surface area (Å²) in [5.41, 5.74) is -0.611. The molecule has 1 saturated carbocycles. The van der Waals surface area contributed by atoms with E-state index in [9.17, 15) is 9.90 Å². The molecule has 0 heterocycles. The average molecular weight is 227 g/mol. The Labute approximate surface area is 98.8 Å². The van der Waals surface area contributed by atoms with Crippen molar-refractivity contribution >= 4 is 5.97 Å². The largest absolute Gasteiger partial charge is 0.480 e. The Balaban J connectivity index is 2.99. The molecule has 0 amide bonds. The Morgan fingerprint density at radius 1 is 1.25 bits per heavy atom. The number of likely N-dealkylation sites (N-methyl/N-ethyl adjacent to an activating group) is 1. The van der Waals surface area contributed by atoms with Crippen molar-refractivity contribution in [2.24, 2.45) is 11.8 Å². The molecule has 1 aliphatic rings. The predicted octanol–water partition coefficient (Wildman–Crippen LogP) is 2.61. The van der Waals surface area contributed by atoms with Gasteiger partial charge in [-0.15, -0.1) is 0 Å². The van der Waals surface area contributed by atoms with Crippen molar-refractivity contribution in [3.05, 3.63) is 0 Å². The average Bonchev–Trinajstić information content (AvgIpc) is 2.17. The molecule has 1 fully saturated rings. The van der Waals surface area contributed by atoms with Crippen LogP contribution in [0.2, 0.25) is 0 Å². The van der Waals surface area contributed by atoms with Crippen LogP contribution in [0.3, 0.4) is 0 Å². The quantitative estimate of drug-likeness (QED) is 0.802. The first-order chi connectivity index (χ1) is 7.46. The first-order valence-corrected chi connectivity index (χ1v) is 6.44. The molecule has 1 aliphatic carbocycles. The van der Waals surface area contributed by atoms with Crippen molar-refractivity contribution in [3.8, 4) is 0 Å². The monoisotopic (exact) mass is 227 g/mol. The van der Waals surface area contributed by atoms with Gasteiger partial charge in [0, 0.05) is 0 Å². The molecule has 2 unspecified atom stereocenters. The maximum atomic E-state index is 11.7. The fourth-order valence-corrected chi connectivity index (χ4v) is 3.49. The highest BCUT2D eigenvalue weighted by Crippen LogP contribution is 2.40. The second-order valence-electron chi connectivity index (χ2n) is 5.36. The smallest absolute Gasteiger partial charge is 0.324 e. The van der Waals surface area contributed by atoms with Crippen LogP contribution in [0, 0.1) is 11.8 Å². The van der Waals surface area contributed by atoms with Gasteiger partial charge in [0.05, 0.1) is 0 Å². The van der Waals surface area contributed by atoms with Crippen molar-refractivity contribution in [1.29, 1.82) is 0 Å². The molecule has 2 atom stereocenters. The zero-order valence-electron chi connectivity index (χ0n) is 11.0. The summed E-state index contributed by atoms with van der Waals surface area (Å²) < 4.78 is 0. The minimum atomic E-state index is -0.630. The van der Waals surface area contributed by atoms with Crippen LogP contribution in [-0.4, -0.2) is 34.6 Å². The van der Waals surface area contributed by atoms with Crippen molar-refractivity contribution in [3.63, 3.8) is 0 Å². The molecular weight excluding hydrogens is 202 g/mol. The van der Waals surface area contributed by atoms with E-state index in [1.165, 1.54) is 0 Å². The highest BCUT2D eigenvalue weighted by atomic mass is 16.4. The first kappa shape index (κ1) is 13.5. The van der Waals surface area contributed by atoms with Crippen molar-refractivity contribution < 1.29 is 9.90 Å². The van der Waals surface area contributed by atoms with Crippen LogP contribution in [0.1, 0.15) is 47.0 Å². The van der Waals surface area contributed by atoms with Gasteiger partial charge in [-0.3, -0.25) is 9.69 Å². The van der Waals surface area contributed by atoms with Gasteiger partial charge in [-0.25, -0.2) is 0 Å². The van der Waals surface area contributed by atoms with Gasteiger partial charge < -0.3 is 5.11 Å². The molecule has 0 aromatic rings. The summed E-state index contributed by atoms with van der Waals surface area (Å²) >= 11 is 0. The van der Waals surface area contributed by atoms with Gasteiger partial charge in [0.25, 0.3) is 0 Å². The predicted molar refractivity (Wildman–Crippen MR) is 65.5 cm³/mol. The van der Waals surface area contributed by atoms with Crippen LogP contribution in [0.15, 0.2) is 0 Å². The molecule has 0 bridgehead atoms. The second kappa shape index (κ2) is 5.17. The van der Waals surface area contributed by atoms with Gasteiger partial charge in [0.2, 0.25) is 0 Å². The lowest BCUT2D eigenvalue weighted by molar-refractivity contribution is -0.156. The molecule has 94 valence electrons. The lowest BCUT2D eigenvalue weighted by atomic mass is 9.70. The first-order valence-electron chi connectivity index (χ1n) is 6.44. The summed E-state index contributed by atoms with van der Waals surface area (Å²) in [6.45, 7) is 10.1. The molecule has 0 spiro atoms. The Morgan fingerprint density at radius 2 is 1.69 bits per heavy atom. The van der Waals surface area contributed by atoms with E-state index in [2.05, 4.69) is 32.6 Å². The zero-order chi connectivity index (χ0) is 12.3. The number of hydrogen-bond donors (Lipinski definition) is 1. The van der Waals surface area contributed by atoms with E-state index in [0.29, 0.717) is 11.8 Å². The molecule has 0 aliphatic heterocycles. The number of rotatable bonds is 4. The third-order valence-electron chi connectivity index (χ3n) is 3.94. The normalized spacial score (nSPS) is 35.3. The molecule has 0 aromatic heterocycles. The van der Waals surface area contributed by atoms with Gasteiger partial charge in [-0.05, 0) is 44.2 Å². The van der Waals surface area contributed by atoms with E-state index >= 15 is 0 Å². The summed E-state index contributed by atoms with van der Waals surface area (Å²) in [7, 11) is 0. The molecule has 3 heteroatoms. The summed E-state index contributed by atoms with van der Waals surface area (Å²) in [5.74, 6) is 0.399. The topological polar surface area (TPSA) is 40.5 Å². The van der Waals surface area contributed by atoms with Gasteiger partial charge in [-0.1, -0.05) is 27.7 Å². The Bertz CT molecular complexity index is 238. The van der Waals surface area contributed by atoms with Crippen LogP contribution in [-0.2, 0) is 4.79 Å². The van der Waals surface area contributed by atoms with Gasteiger partial charge in [0.15, 0.2) is 0 Å². The van der Waals surface area contributed by atoms with E-state index in [0.717, 1.165) is 32.4 Å².